The number of benzene rings is 1. The van der Waals surface area contributed by atoms with Crippen LogP contribution in [0.4, 0.5) is 16.2 Å². The van der Waals surface area contributed by atoms with E-state index in [4.69, 9.17) is 5.73 Å². The first kappa shape index (κ1) is 13.7. The average Bonchev–Trinajstić information content (AvgIpc) is 3.26. The Morgan fingerprint density at radius 1 is 1.29 bits per heavy atom. The fourth-order valence-corrected chi connectivity index (χ4v) is 2.56. The second kappa shape index (κ2) is 5.27. The van der Waals surface area contributed by atoms with E-state index < -0.39 is 0 Å². The molecule has 0 bridgehead atoms. The van der Waals surface area contributed by atoms with E-state index in [1.165, 1.54) is 0 Å². The van der Waals surface area contributed by atoms with E-state index >= 15 is 0 Å². The quantitative estimate of drug-likeness (QED) is 0.844. The fraction of sp³-hybridized carbons (Fsp3) is 0.467. The van der Waals surface area contributed by atoms with Crippen molar-refractivity contribution in [1.82, 2.24) is 9.80 Å². The minimum atomic E-state index is -0.114. The van der Waals surface area contributed by atoms with Gasteiger partial charge in [-0.15, -0.1) is 0 Å². The lowest BCUT2D eigenvalue weighted by molar-refractivity contribution is -0.130. The van der Waals surface area contributed by atoms with E-state index in [-0.39, 0.29) is 18.5 Å². The molecule has 0 atom stereocenters. The Hall–Kier alpha value is -2.24. The maximum atomic E-state index is 12.4. The summed E-state index contributed by atoms with van der Waals surface area (Å²) in [7, 11) is 1.82. The van der Waals surface area contributed by atoms with Crippen LogP contribution in [0, 0.1) is 0 Å². The molecule has 1 saturated heterocycles. The van der Waals surface area contributed by atoms with E-state index in [0.29, 0.717) is 24.8 Å². The van der Waals surface area contributed by atoms with Crippen molar-refractivity contribution >= 4 is 23.3 Å². The summed E-state index contributed by atoms with van der Waals surface area (Å²) >= 11 is 0. The Labute approximate surface area is 124 Å². The Balaban J connectivity index is 1.63. The lowest BCUT2D eigenvalue weighted by Gasteiger charge is -2.22. The normalized spacial score (nSPS) is 18.2. The summed E-state index contributed by atoms with van der Waals surface area (Å²) in [5, 5.41) is 0. The minimum absolute atomic E-state index is 0.0185. The number of carbonyl (C=O) groups excluding carboxylic acids is 2. The first-order valence-electron chi connectivity index (χ1n) is 7.24. The summed E-state index contributed by atoms with van der Waals surface area (Å²) in [6.07, 6.45) is 2.15. The number of anilines is 2. The van der Waals surface area contributed by atoms with Gasteiger partial charge in [0.05, 0.1) is 0 Å². The lowest BCUT2D eigenvalue weighted by atomic mass is 10.2. The first-order valence-corrected chi connectivity index (χ1v) is 7.24. The molecule has 0 aromatic heterocycles. The second-order valence-corrected chi connectivity index (χ2v) is 5.68. The molecule has 3 rings (SSSR count). The zero-order chi connectivity index (χ0) is 15.0. The van der Waals surface area contributed by atoms with Crippen molar-refractivity contribution in [1.29, 1.82) is 0 Å². The number of nitrogens with two attached hydrogens (primary N) is 1. The number of rotatable bonds is 4. The molecule has 2 aliphatic rings. The van der Waals surface area contributed by atoms with Crippen LogP contribution >= 0.6 is 0 Å². The molecule has 1 aliphatic carbocycles. The van der Waals surface area contributed by atoms with E-state index in [9.17, 15) is 9.59 Å². The standard InChI is InChI=1S/C15H20N4O2/c1-17(12-6-7-12)14(20)10-18-8-9-19(15(18)21)13-4-2-11(16)3-5-13/h2-5,12H,6-10,16H2,1H3. The highest BCUT2D eigenvalue weighted by molar-refractivity contribution is 5.96. The van der Waals surface area contributed by atoms with Gasteiger partial charge in [0.25, 0.3) is 0 Å². The van der Waals surface area contributed by atoms with Gasteiger partial charge < -0.3 is 15.5 Å². The van der Waals surface area contributed by atoms with Gasteiger partial charge in [0, 0.05) is 37.6 Å². The second-order valence-electron chi connectivity index (χ2n) is 5.68. The van der Waals surface area contributed by atoms with E-state index in [1.807, 2.05) is 19.2 Å². The van der Waals surface area contributed by atoms with Crippen LogP contribution in [0.25, 0.3) is 0 Å². The predicted octanol–water partition coefficient (Wildman–Crippen LogP) is 1.13. The molecule has 2 N–H and O–H groups in total. The Morgan fingerprint density at radius 3 is 2.57 bits per heavy atom. The van der Waals surface area contributed by atoms with Gasteiger partial charge in [0.2, 0.25) is 5.91 Å². The summed E-state index contributed by atoms with van der Waals surface area (Å²) in [4.78, 5) is 29.6. The monoisotopic (exact) mass is 288 g/mol. The number of likely N-dealkylation sites (N-methyl/N-ethyl adjacent to an activating group) is 1. The third kappa shape index (κ3) is 2.79. The molecule has 1 saturated carbocycles. The number of hydrogen-bond acceptors (Lipinski definition) is 3. The van der Waals surface area contributed by atoms with Crippen molar-refractivity contribution in [2.75, 3.05) is 37.3 Å². The number of carbonyl (C=O) groups is 2. The van der Waals surface area contributed by atoms with E-state index in [1.54, 1.807) is 26.8 Å². The summed E-state index contributed by atoms with van der Waals surface area (Å²) < 4.78 is 0. The Kier molecular flexibility index (Phi) is 3.45. The van der Waals surface area contributed by atoms with Crippen LogP contribution in [-0.2, 0) is 4.79 Å². The highest BCUT2D eigenvalue weighted by Crippen LogP contribution is 2.26. The third-order valence-corrected chi connectivity index (χ3v) is 4.11. The molecule has 1 heterocycles. The predicted molar refractivity (Wildman–Crippen MR) is 81.0 cm³/mol. The molecule has 1 aromatic carbocycles. The molecular formula is C15H20N4O2. The van der Waals surface area contributed by atoms with Gasteiger partial charge in [0.15, 0.2) is 0 Å². The van der Waals surface area contributed by atoms with Crippen LogP contribution in [0.3, 0.4) is 0 Å². The van der Waals surface area contributed by atoms with Crippen molar-refractivity contribution in [2.24, 2.45) is 0 Å². The number of hydrogen-bond donors (Lipinski definition) is 1. The molecular weight excluding hydrogens is 268 g/mol. The molecule has 0 radical (unpaired) electrons. The van der Waals surface area contributed by atoms with Crippen molar-refractivity contribution in [3.63, 3.8) is 0 Å². The van der Waals surface area contributed by atoms with Gasteiger partial charge >= 0.3 is 6.03 Å². The topological polar surface area (TPSA) is 69.9 Å². The molecule has 1 aromatic rings. The number of nitrogen functional groups attached to an aromatic ring is 1. The van der Waals surface area contributed by atoms with Crippen molar-refractivity contribution < 1.29 is 9.59 Å². The number of urea groups is 1. The molecule has 1 aliphatic heterocycles. The zero-order valence-electron chi connectivity index (χ0n) is 12.2. The SMILES string of the molecule is CN(C(=O)CN1CCN(c2ccc(N)cc2)C1=O)C1CC1. The molecule has 0 unspecified atom stereocenters. The largest absolute Gasteiger partial charge is 0.399 e. The Bertz CT molecular complexity index is 553. The molecule has 2 fully saturated rings. The summed E-state index contributed by atoms with van der Waals surface area (Å²) in [6, 6.07) is 7.47. The van der Waals surface area contributed by atoms with Gasteiger partial charge in [-0.1, -0.05) is 0 Å². The summed E-state index contributed by atoms with van der Waals surface area (Å²) in [5.74, 6) is 0.0185. The van der Waals surface area contributed by atoms with E-state index in [0.717, 1.165) is 18.5 Å². The van der Waals surface area contributed by atoms with Gasteiger partial charge in [-0.3, -0.25) is 9.69 Å². The molecule has 112 valence electrons. The Morgan fingerprint density at radius 2 is 1.95 bits per heavy atom. The first-order chi connectivity index (χ1) is 10.1. The summed E-state index contributed by atoms with van der Waals surface area (Å²) in [5.41, 5.74) is 7.15. The van der Waals surface area contributed by atoms with Crippen LogP contribution in [0.15, 0.2) is 24.3 Å². The molecule has 6 heteroatoms. The zero-order valence-corrected chi connectivity index (χ0v) is 12.2. The number of nitrogens with zero attached hydrogens (tertiary/aromatic N) is 3. The van der Waals surface area contributed by atoms with Crippen LogP contribution in [0.5, 0.6) is 0 Å². The molecule has 3 amide bonds. The molecule has 21 heavy (non-hydrogen) atoms. The number of amides is 3. The van der Waals surface area contributed by atoms with Crippen LogP contribution in [0.1, 0.15) is 12.8 Å². The van der Waals surface area contributed by atoms with Crippen LogP contribution in [-0.4, -0.2) is 54.5 Å². The maximum absolute atomic E-state index is 12.4. The average molecular weight is 288 g/mol. The van der Waals surface area contributed by atoms with Crippen molar-refractivity contribution in [2.45, 2.75) is 18.9 Å². The molecule has 0 spiro atoms. The van der Waals surface area contributed by atoms with Crippen LogP contribution < -0.4 is 10.6 Å². The highest BCUT2D eigenvalue weighted by Gasteiger charge is 2.34. The van der Waals surface area contributed by atoms with Crippen molar-refractivity contribution in [3.05, 3.63) is 24.3 Å². The molecule has 6 nitrogen and oxygen atoms in total. The maximum Gasteiger partial charge on any atom is 0.325 e. The third-order valence-electron chi connectivity index (χ3n) is 4.11. The van der Waals surface area contributed by atoms with Gasteiger partial charge in [-0.05, 0) is 37.1 Å². The van der Waals surface area contributed by atoms with Gasteiger partial charge in [-0.25, -0.2) is 4.79 Å². The fourth-order valence-electron chi connectivity index (χ4n) is 2.56. The highest BCUT2D eigenvalue weighted by atomic mass is 16.2. The lowest BCUT2D eigenvalue weighted by Crippen LogP contribution is -2.41. The smallest absolute Gasteiger partial charge is 0.325 e. The minimum Gasteiger partial charge on any atom is -0.399 e. The van der Waals surface area contributed by atoms with E-state index in [2.05, 4.69) is 0 Å². The van der Waals surface area contributed by atoms with Crippen molar-refractivity contribution in [3.8, 4) is 0 Å². The summed E-state index contributed by atoms with van der Waals surface area (Å²) in [6.45, 7) is 1.34. The van der Waals surface area contributed by atoms with Gasteiger partial charge in [-0.2, -0.15) is 0 Å². The van der Waals surface area contributed by atoms with Gasteiger partial charge in [0.1, 0.15) is 6.54 Å². The van der Waals surface area contributed by atoms with Crippen LogP contribution in [0.2, 0.25) is 0 Å².